The molecule has 3 aromatic carbocycles. The Morgan fingerprint density at radius 1 is 0.975 bits per heavy atom. The summed E-state index contributed by atoms with van der Waals surface area (Å²) < 4.78 is 48.4. The van der Waals surface area contributed by atoms with Crippen molar-refractivity contribution >= 4 is 27.5 Å². The van der Waals surface area contributed by atoms with Gasteiger partial charge in [0.05, 0.1) is 17.7 Å². The number of amides is 2. The number of ether oxygens (including phenoxy) is 1. The van der Waals surface area contributed by atoms with Gasteiger partial charge >= 0.3 is 0 Å². The van der Waals surface area contributed by atoms with E-state index in [1.54, 1.807) is 55.5 Å². The number of sulfonamides is 1. The van der Waals surface area contributed by atoms with E-state index in [4.69, 9.17) is 4.74 Å². The van der Waals surface area contributed by atoms with Crippen LogP contribution in [0.4, 0.5) is 10.1 Å². The predicted molar refractivity (Wildman–Crippen MR) is 151 cm³/mol. The fraction of sp³-hybridized carbons (Fsp3) is 0.333. The molecule has 1 saturated carbocycles. The van der Waals surface area contributed by atoms with Crippen LogP contribution in [0, 0.1) is 5.82 Å². The smallest absolute Gasteiger partial charge is 0.264 e. The first kappa shape index (κ1) is 29.1. The van der Waals surface area contributed by atoms with Crippen molar-refractivity contribution in [3.63, 3.8) is 0 Å². The van der Waals surface area contributed by atoms with E-state index in [2.05, 4.69) is 5.32 Å². The quantitative estimate of drug-likeness (QED) is 0.368. The number of anilines is 1. The number of hydrogen-bond acceptors (Lipinski definition) is 5. The average Bonchev–Trinajstić information content (AvgIpc) is 3.48. The molecule has 1 fully saturated rings. The van der Waals surface area contributed by atoms with Crippen LogP contribution in [-0.2, 0) is 26.2 Å². The number of benzene rings is 3. The molecule has 10 heteroatoms. The molecule has 40 heavy (non-hydrogen) atoms. The largest absolute Gasteiger partial charge is 0.497 e. The van der Waals surface area contributed by atoms with Gasteiger partial charge in [0, 0.05) is 18.2 Å². The molecule has 0 bridgehead atoms. The number of methoxy groups -OCH3 is 1. The van der Waals surface area contributed by atoms with E-state index in [-0.39, 0.29) is 34.6 Å². The Bertz CT molecular complexity index is 1410. The van der Waals surface area contributed by atoms with Crippen LogP contribution in [0.15, 0.2) is 83.8 Å². The van der Waals surface area contributed by atoms with Gasteiger partial charge in [0.25, 0.3) is 10.0 Å². The van der Waals surface area contributed by atoms with E-state index in [0.29, 0.717) is 5.75 Å². The van der Waals surface area contributed by atoms with Gasteiger partial charge in [-0.15, -0.1) is 0 Å². The van der Waals surface area contributed by atoms with Gasteiger partial charge in [-0.2, -0.15) is 0 Å². The van der Waals surface area contributed by atoms with E-state index in [9.17, 15) is 22.4 Å². The second kappa shape index (κ2) is 13.0. The maximum absolute atomic E-state index is 14.7. The SMILES string of the molecule is COc1ccc(S(=O)(=O)N(CC(=O)N(Cc2ccccc2F)[C@@H](C)C(=O)NC2CCCC2)c2ccccc2)cc1. The van der Waals surface area contributed by atoms with E-state index in [0.717, 1.165) is 30.0 Å². The number of carbonyl (C=O) groups is 2. The Labute approximate surface area is 234 Å². The molecule has 0 spiro atoms. The summed E-state index contributed by atoms with van der Waals surface area (Å²) >= 11 is 0. The summed E-state index contributed by atoms with van der Waals surface area (Å²) in [6.45, 7) is 0.789. The topological polar surface area (TPSA) is 96.0 Å². The number of carbonyl (C=O) groups excluding carboxylic acids is 2. The first-order valence-corrected chi connectivity index (χ1v) is 14.7. The number of rotatable bonds is 11. The fourth-order valence-electron chi connectivity index (χ4n) is 4.78. The normalized spacial score (nSPS) is 14.4. The molecular weight excluding hydrogens is 533 g/mol. The van der Waals surface area contributed by atoms with Crippen LogP contribution >= 0.6 is 0 Å². The molecule has 1 N–H and O–H groups in total. The highest BCUT2D eigenvalue weighted by Gasteiger charge is 2.33. The monoisotopic (exact) mass is 567 g/mol. The summed E-state index contributed by atoms with van der Waals surface area (Å²) in [7, 11) is -2.72. The number of para-hydroxylation sites is 1. The summed E-state index contributed by atoms with van der Waals surface area (Å²) in [4.78, 5) is 28.3. The van der Waals surface area contributed by atoms with Crippen molar-refractivity contribution in [2.75, 3.05) is 18.0 Å². The molecule has 2 amide bonds. The first-order chi connectivity index (χ1) is 19.2. The lowest BCUT2D eigenvalue weighted by molar-refractivity contribution is -0.139. The number of hydrogen-bond donors (Lipinski definition) is 1. The molecule has 8 nitrogen and oxygen atoms in total. The molecule has 0 unspecified atom stereocenters. The van der Waals surface area contributed by atoms with Crippen molar-refractivity contribution in [2.24, 2.45) is 0 Å². The Balaban J connectivity index is 1.67. The Morgan fingerprint density at radius 3 is 2.23 bits per heavy atom. The molecule has 0 saturated heterocycles. The van der Waals surface area contributed by atoms with Crippen LogP contribution in [0.3, 0.4) is 0 Å². The minimum absolute atomic E-state index is 0.0247. The zero-order valence-corrected chi connectivity index (χ0v) is 23.4. The highest BCUT2D eigenvalue weighted by Crippen LogP contribution is 2.26. The number of halogens is 1. The second-order valence-corrected chi connectivity index (χ2v) is 11.7. The van der Waals surface area contributed by atoms with E-state index in [1.165, 1.54) is 42.3 Å². The zero-order valence-electron chi connectivity index (χ0n) is 22.6. The van der Waals surface area contributed by atoms with Crippen molar-refractivity contribution < 1.29 is 27.1 Å². The zero-order chi connectivity index (χ0) is 28.7. The highest BCUT2D eigenvalue weighted by molar-refractivity contribution is 7.92. The highest BCUT2D eigenvalue weighted by atomic mass is 32.2. The molecule has 1 aliphatic rings. The van der Waals surface area contributed by atoms with Gasteiger partial charge < -0.3 is 15.0 Å². The van der Waals surface area contributed by atoms with Crippen molar-refractivity contribution in [1.82, 2.24) is 10.2 Å². The first-order valence-electron chi connectivity index (χ1n) is 13.3. The van der Waals surface area contributed by atoms with E-state index < -0.39 is 34.3 Å². The van der Waals surface area contributed by atoms with Crippen LogP contribution < -0.4 is 14.4 Å². The Hall–Kier alpha value is -3.92. The van der Waals surface area contributed by atoms with Crippen molar-refractivity contribution in [3.8, 4) is 5.75 Å². The van der Waals surface area contributed by atoms with Gasteiger partial charge in [-0.1, -0.05) is 49.2 Å². The van der Waals surface area contributed by atoms with Crippen molar-refractivity contribution in [2.45, 2.75) is 56.1 Å². The molecular formula is C30H34FN3O5S. The lowest BCUT2D eigenvalue weighted by Crippen LogP contribution is -2.52. The number of nitrogens with zero attached hydrogens (tertiary/aromatic N) is 2. The van der Waals surface area contributed by atoms with Crippen LogP contribution in [0.2, 0.25) is 0 Å². The van der Waals surface area contributed by atoms with Crippen molar-refractivity contribution in [1.29, 1.82) is 0 Å². The second-order valence-electron chi connectivity index (χ2n) is 9.80. The summed E-state index contributed by atoms with van der Waals surface area (Å²) in [6.07, 6.45) is 3.77. The van der Waals surface area contributed by atoms with Crippen LogP contribution in [0.25, 0.3) is 0 Å². The predicted octanol–water partition coefficient (Wildman–Crippen LogP) is 4.51. The van der Waals surface area contributed by atoms with Gasteiger partial charge in [-0.05, 0) is 62.2 Å². The molecule has 0 heterocycles. The molecule has 212 valence electrons. The summed E-state index contributed by atoms with van der Waals surface area (Å²) in [5.41, 5.74) is 0.501. The van der Waals surface area contributed by atoms with Gasteiger partial charge in [0.2, 0.25) is 11.8 Å². The molecule has 3 aromatic rings. The van der Waals surface area contributed by atoms with E-state index >= 15 is 0 Å². The summed E-state index contributed by atoms with van der Waals surface area (Å²) in [5, 5.41) is 3.00. The lowest BCUT2D eigenvalue weighted by atomic mass is 10.1. The minimum Gasteiger partial charge on any atom is -0.497 e. The third-order valence-corrected chi connectivity index (χ3v) is 8.93. The average molecular weight is 568 g/mol. The fourth-order valence-corrected chi connectivity index (χ4v) is 6.20. The summed E-state index contributed by atoms with van der Waals surface area (Å²) in [6, 6.07) is 19.2. The minimum atomic E-state index is -4.20. The summed E-state index contributed by atoms with van der Waals surface area (Å²) in [5.74, 6) is -1.03. The maximum Gasteiger partial charge on any atom is 0.264 e. The molecule has 0 radical (unpaired) electrons. The molecule has 1 atom stereocenters. The molecule has 0 aromatic heterocycles. The van der Waals surface area contributed by atoms with E-state index in [1.807, 2.05) is 0 Å². The third-order valence-electron chi connectivity index (χ3n) is 7.14. The van der Waals surface area contributed by atoms with Gasteiger partial charge in [-0.3, -0.25) is 13.9 Å². The van der Waals surface area contributed by atoms with Crippen LogP contribution in [0.1, 0.15) is 38.2 Å². The molecule has 1 aliphatic carbocycles. The van der Waals surface area contributed by atoms with Gasteiger partial charge in [0.15, 0.2) is 0 Å². The number of nitrogens with one attached hydrogen (secondary N) is 1. The Kier molecular flexibility index (Phi) is 9.42. The van der Waals surface area contributed by atoms with Crippen molar-refractivity contribution in [3.05, 3.63) is 90.2 Å². The molecule has 0 aliphatic heterocycles. The van der Waals surface area contributed by atoms with Gasteiger partial charge in [0.1, 0.15) is 24.2 Å². The standard InChI is InChI=1S/C30H34FN3O5S/c1-22(30(36)32-24-11-7-8-12-24)33(20-23-10-6-9-15-28(23)31)29(35)21-34(25-13-4-3-5-14-25)40(37,38)27-18-16-26(39-2)17-19-27/h3-6,9-10,13-19,22,24H,7-8,11-12,20-21H2,1-2H3,(H,32,36)/t22-/m0/s1. The maximum atomic E-state index is 14.7. The Morgan fingerprint density at radius 2 is 1.60 bits per heavy atom. The third kappa shape index (κ3) is 6.80. The molecule has 4 rings (SSSR count). The van der Waals surface area contributed by atoms with Gasteiger partial charge in [-0.25, -0.2) is 12.8 Å². The van der Waals surface area contributed by atoms with Crippen LogP contribution in [0.5, 0.6) is 5.75 Å². The van der Waals surface area contributed by atoms with Crippen LogP contribution in [-0.4, -0.2) is 50.9 Å². The lowest BCUT2D eigenvalue weighted by Gasteiger charge is -2.32.